The highest BCUT2D eigenvalue weighted by atomic mass is 32.1. The molecule has 30 heavy (non-hydrogen) atoms. The van der Waals surface area contributed by atoms with Crippen molar-refractivity contribution in [2.45, 2.75) is 19.4 Å². The van der Waals surface area contributed by atoms with E-state index in [1.54, 1.807) is 17.5 Å². The van der Waals surface area contributed by atoms with E-state index in [0.29, 0.717) is 22.9 Å². The second-order valence-electron chi connectivity index (χ2n) is 7.15. The van der Waals surface area contributed by atoms with E-state index in [4.69, 9.17) is 4.74 Å². The first-order chi connectivity index (χ1) is 14.4. The van der Waals surface area contributed by atoms with Crippen molar-refractivity contribution in [1.29, 1.82) is 0 Å². The molecule has 1 aromatic carbocycles. The van der Waals surface area contributed by atoms with Crippen molar-refractivity contribution in [3.05, 3.63) is 41.0 Å². The fourth-order valence-electron chi connectivity index (χ4n) is 3.53. The lowest BCUT2D eigenvalue weighted by molar-refractivity contribution is -0.119. The Kier molecular flexibility index (Phi) is 5.58. The van der Waals surface area contributed by atoms with Crippen LogP contribution in [0.4, 0.5) is 20.0 Å². The molecule has 1 fully saturated rings. The Labute approximate surface area is 176 Å². The number of hydrogen-bond donors (Lipinski definition) is 2. The minimum absolute atomic E-state index is 0.0176. The molecule has 0 aliphatic carbocycles. The van der Waals surface area contributed by atoms with E-state index in [2.05, 4.69) is 10.3 Å². The number of ether oxygens (including phenoxy) is 1. The summed E-state index contributed by atoms with van der Waals surface area (Å²) in [5.74, 6) is -0.653. The molecule has 0 radical (unpaired) electrons. The summed E-state index contributed by atoms with van der Waals surface area (Å²) in [7, 11) is 0. The summed E-state index contributed by atoms with van der Waals surface area (Å²) in [5, 5.41) is 14.4. The molecule has 10 heteroatoms. The number of rotatable bonds is 5. The molecular weight excluding hydrogens is 411 g/mol. The summed E-state index contributed by atoms with van der Waals surface area (Å²) in [6, 6.07) is 4.68. The van der Waals surface area contributed by atoms with Crippen molar-refractivity contribution in [2.24, 2.45) is 0 Å². The largest absolute Gasteiger partial charge is 0.493 e. The molecule has 0 saturated carbocycles. The summed E-state index contributed by atoms with van der Waals surface area (Å²) in [5.41, 5.74) is 1.70. The van der Waals surface area contributed by atoms with E-state index in [0.717, 1.165) is 18.5 Å². The van der Waals surface area contributed by atoms with E-state index >= 15 is 0 Å². The lowest BCUT2D eigenvalue weighted by Crippen LogP contribution is -2.33. The molecule has 1 saturated heterocycles. The molecule has 158 valence electrons. The van der Waals surface area contributed by atoms with Crippen molar-refractivity contribution in [3.8, 4) is 5.88 Å². The van der Waals surface area contributed by atoms with Gasteiger partial charge >= 0.3 is 6.09 Å². The second-order valence-corrected chi connectivity index (χ2v) is 7.98. The van der Waals surface area contributed by atoms with Crippen molar-refractivity contribution >= 4 is 39.7 Å². The van der Waals surface area contributed by atoms with Crippen LogP contribution in [0.2, 0.25) is 0 Å². The molecule has 2 aliphatic heterocycles. The van der Waals surface area contributed by atoms with Crippen LogP contribution in [0.25, 0.3) is 5.57 Å². The fraction of sp³-hybridized carbons (Fsp3) is 0.350. The van der Waals surface area contributed by atoms with E-state index in [-0.39, 0.29) is 24.9 Å². The third kappa shape index (κ3) is 4.23. The Hall–Kier alpha value is -3.14. The molecule has 2 aromatic rings. The van der Waals surface area contributed by atoms with Crippen molar-refractivity contribution in [1.82, 2.24) is 10.3 Å². The SMILES string of the molecule is CC(=O)NCC1CN(c2ccc(C3=CCCN(c4nc(O)cs4)C3)c(F)c2)C(=O)O1. The number of hydrogen-bond acceptors (Lipinski definition) is 7. The maximum Gasteiger partial charge on any atom is 0.414 e. The number of thiazole rings is 1. The lowest BCUT2D eigenvalue weighted by Gasteiger charge is -2.27. The Morgan fingerprint density at radius 2 is 2.30 bits per heavy atom. The summed E-state index contributed by atoms with van der Waals surface area (Å²) in [6.07, 6.45) is 1.69. The van der Waals surface area contributed by atoms with Crippen molar-refractivity contribution < 1.29 is 23.8 Å². The monoisotopic (exact) mass is 432 g/mol. The number of anilines is 2. The molecule has 0 spiro atoms. The van der Waals surface area contributed by atoms with E-state index < -0.39 is 18.0 Å². The molecule has 8 nitrogen and oxygen atoms in total. The number of aromatic nitrogens is 1. The van der Waals surface area contributed by atoms with Gasteiger partial charge in [0.05, 0.1) is 24.2 Å². The molecule has 2 N–H and O–H groups in total. The van der Waals surface area contributed by atoms with Gasteiger partial charge in [0.1, 0.15) is 11.9 Å². The summed E-state index contributed by atoms with van der Waals surface area (Å²) >= 11 is 1.34. The first-order valence-corrected chi connectivity index (χ1v) is 10.4. The van der Waals surface area contributed by atoms with Gasteiger partial charge in [0.2, 0.25) is 11.8 Å². The van der Waals surface area contributed by atoms with Gasteiger partial charge in [0.15, 0.2) is 5.13 Å². The number of nitrogens with one attached hydrogen (secondary N) is 1. The predicted octanol–water partition coefficient (Wildman–Crippen LogP) is 2.74. The smallest absolute Gasteiger partial charge is 0.414 e. The van der Waals surface area contributed by atoms with Gasteiger partial charge in [-0.3, -0.25) is 9.69 Å². The molecule has 0 bridgehead atoms. The highest BCUT2D eigenvalue weighted by Gasteiger charge is 2.33. The Balaban J connectivity index is 1.47. The van der Waals surface area contributed by atoms with Crippen LogP contribution in [0.5, 0.6) is 5.88 Å². The summed E-state index contributed by atoms with van der Waals surface area (Å²) in [6.45, 7) is 3.06. The molecule has 1 aromatic heterocycles. The van der Waals surface area contributed by atoms with Gasteiger partial charge in [-0.2, -0.15) is 4.98 Å². The molecular formula is C20H21FN4O4S. The minimum Gasteiger partial charge on any atom is -0.493 e. The predicted molar refractivity (Wildman–Crippen MR) is 111 cm³/mol. The van der Waals surface area contributed by atoms with Crippen LogP contribution in [0, 0.1) is 5.82 Å². The number of benzene rings is 1. The van der Waals surface area contributed by atoms with Crippen LogP contribution in [0.3, 0.4) is 0 Å². The Bertz CT molecular complexity index is 1010. The molecule has 2 amide bonds. The van der Waals surface area contributed by atoms with Crippen LogP contribution >= 0.6 is 11.3 Å². The van der Waals surface area contributed by atoms with Crippen LogP contribution in [0.15, 0.2) is 29.7 Å². The number of amides is 2. The van der Waals surface area contributed by atoms with Gasteiger partial charge in [0.25, 0.3) is 0 Å². The third-order valence-electron chi connectivity index (χ3n) is 4.96. The average molecular weight is 432 g/mol. The number of aromatic hydroxyl groups is 1. The van der Waals surface area contributed by atoms with Gasteiger partial charge in [-0.15, -0.1) is 11.3 Å². The van der Waals surface area contributed by atoms with Gasteiger partial charge in [-0.05, 0) is 30.2 Å². The first-order valence-electron chi connectivity index (χ1n) is 9.51. The topological polar surface area (TPSA) is 95.0 Å². The van der Waals surface area contributed by atoms with Crippen LogP contribution < -0.4 is 15.1 Å². The average Bonchev–Trinajstić information content (AvgIpc) is 3.32. The lowest BCUT2D eigenvalue weighted by atomic mass is 10.0. The standard InChI is InChI=1S/C20H21FN4O4S/c1-12(26)22-8-15-10-25(20(28)29-15)14-4-5-16(17(21)7-14)13-3-2-6-24(9-13)19-23-18(27)11-30-19/h3-5,7,11,15,27H,2,6,8-10H2,1H3,(H,22,26). The van der Waals surface area contributed by atoms with Gasteiger partial charge in [-0.25, -0.2) is 9.18 Å². The van der Waals surface area contributed by atoms with Crippen LogP contribution in [0.1, 0.15) is 18.9 Å². The van der Waals surface area contributed by atoms with Gasteiger partial charge in [-0.1, -0.05) is 6.08 Å². The minimum atomic E-state index is -0.566. The third-order valence-corrected chi connectivity index (χ3v) is 5.85. The maximum atomic E-state index is 15.0. The van der Waals surface area contributed by atoms with E-state index in [9.17, 15) is 19.1 Å². The highest BCUT2D eigenvalue weighted by molar-refractivity contribution is 7.13. The zero-order valence-electron chi connectivity index (χ0n) is 16.3. The maximum absolute atomic E-state index is 15.0. The fourth-order valence-corrected chi connectivity index (χ4v) is 4.25. The molecule has 3 heterocycles. The molecule has 4 rings (SSSR count). The number of nitrogens with zero attached hydrogens (tertiary/aromatic N) is 3. The van der Waals surface area contributed by atoms with Crippen molar-refractivity contribution in [2.75, 3.05) is 36.0 Å². The Morgan fingerprint density at radius 1 is 1.47 bits per heavy atom. The number of carbonyl (C=O) groups excluding carboxylic acids is 2. The van der Waals surface area contributed by atoms with Crippen LogP contribution in [-0.4, -0.2) is 54.4 Å². The molecule has 1 unspecified atom stereocenters. The summed E-state index contributed by atoms with van der Waals surface area (Å²) in [4.78, 5) is 30.6. The van der Waals surface area contributed by atoms with Crippen molar-refractivity contribution in [3.63, 3.8) is 0 Å². The van der Waals surface area contributed by atoms with E-state index in [1.165, 1.54) is 29.2 Å². The number of cyclic esters (lactones) is 1. The quantitative estimate of drug-likeness (QED) is 0.755. The van der Waals surface area contributed by atoms with Gasteiger partial charge < -0.3 is 20.1 Å². The zero-order valence-corrected chi connectivity index (χ0v) is 17.1. The Morgan fingerprint density at radius 3 is 3.00 bits per heavy atom. The van der Waals surface area contributed by atoms with Crippen LogP contribution in [-0.2, 0) is 9.53 Å². The number of halogens is 1. The molecule has 2 aliphatic rings. The second kappa shape index (κ2) is 8.31. The highest BCUT2D eigenvalue weighted by Crippen LogP contribution is 2.32. The van der Waals surface area contributed by atoms with Gasteiger partial charge in [0, 0.05) is 25.6 Å². The normalized spacial score (nSPS) is 18.9. The first kappa shape index (κ1) is 20.1. The van der Waals surface area contributed by atoms with E-state index in [1.807, 2.05) is 11.0 Å². The summed E-state index contributed by atoms with van der Waals surface area (Å²) < 4.78 is 20.2. The zero-order chi connectivity index (χ0) is 21.3. The number of carbonyl (C=O) groups is 2. The molecule has 1 atom stereocenters.